The molecule has 148 valence electrons. The highest BCUT2D eigenvalue weighted by Gasteiger charge is 2.24. The maximum atomic E-state index is 12.3. The van der Waals surface area contributed by atoms with Gasteiger partial charge in [-0.3, -0.25) is 4.79 Å². The van der Waals surface area contributed by atoms with E-state index in [1.165, 1.54) is 5.56 Å². The summed E-state index contributed by atoms with van der Waals surface area (Å²) in [6, 6.07) is 17.8. The number of likely N-dealkylation sites (tertiary alicyclic amines) is 1. The molecule has 1 aliphatic rings. The summed E-state index contributed by atoms with van der Waals surface area (Å²) in [4.78, 5) is 26.4. The second-order valence-electron chi connectivity index (χ2n) is 7.38. The normalized spacial score (nSPS) is 14.5. The van der Waals surface area contributed by atoms with Gasteiger partial charge in [-0.1, -0.05) is 49.4 Å². The smallest absolute Gasteiger partial charge is 0.321 e. The number of rotatable bonds is 6. The standard InChI is InChI=1S/C23H29N3O2/c1-2-18-8-10-20(11-9-18)17-24-22(27)16-19-12-14-26(15-13-19)23(28)25-21-6-4-3-5-7-21/h3-11,19H,2,12-17H2,1H3,(H,24,27)(H,25,28). The van der Waals surface area contributed by atoms with Crippen LogP contribution in [0.1, 0.15) is 37.3 Å². The molecule has 0 spiro atoms. The molecule has 5 nitrogen and oxygen atoms in total. The largest absolute Gasteiger partial charge is 0.352 e. The van der Waals surface area contributed by atoms with E-state index in [9.17, 15) is 9.59 Å². The molecular formula is C23H29N3O2. The molecule has 1 saturated heterocycles. The van der Waals surface area contributed by atoms with Gasteiger partial charge in [-0.2, -0.15) is 0 Å². The van der Waals surface area contributed by atoms with Crippen molar-refractivity contribution >= 4 is 17.6 Å². The fourth-order valence-corrected chi connectivity index (χ4v) is 3.49. The molecule has 0 atom stereocenters. The number of aryl methyl sites for hydroxylation is 1. The molecule has 2 aromatic carbocycles. The quantitative estimate of drug-likeness (QED) is 0.790. The third kappa shape index (κ3) is 5.84. The minimum atomic E-state index is -0.0652. The summed E-state index contributed by atoms with van der Waals surface area (Å²) in [6.07, 6.45) is 3.28. The second-order valence-corrected chi connectivity index (χ2v) is 7.38. The monoisotopic (exact) mass is 379 g/mol. The van der Waals surface area contributed by atoms with Gasteiger partial charge in [0.15, 0.2) is 0 Å². The first-order valence-corrected chi connectivity index (χ1v) is 10.1. The number of hydrogen-bond acceptors (Lipinski definition) is 2. The van der Waals surface area contributed by atoms with Crippen LogP contribution < -0.4 is 10.6 Å². The van der Waals surface area contributed by atoms with Gasteiger partial charge in [-0.15, -0.1) is 0 Å². The van der Waals surface area contributed by atoms with Crippen LogP contribution in [0.2, 0.25) is 0 Å². The van der Waals surface area contributed by atoms with Gasteiger partial charge in [0.2, 0.25) is 5.91 Å². The average Bonchev–Trinajstić information content (AvgIpc) is 2.74. The minimum absolute atomic E-state index is 0.0652. The van der Waals surface area contributed by atoms with E-state index in [0.29, 0.717) is 32.0 Å². The highest BCUT2D eigenvalue weighted by atomic mass is 16.2. The third-order valence-corrected chi connectivity index (χ3v) is 5.32. The van der Waals surface area contributed by atoms with Crippen molar-refractivity contribution in [2.75, 3.05) is 18.4 Å². The first-order chi connectivity index (χ1) is 13.6. The molecule has 0 bridgehead atoms. The molecule has 1 fully saturated rings. The molecule has 0 saturated carbocycles. The number of benzene rings is 2. The molecule has 28 heavy (non-hydrogen) atoms. The Hall–Kier alpha value is -2.82. The van der Waals surface area contributed by atoms with Crippen LogP contribution in [0.5, 0.6) is 0 Å². The van der Waals surface area contributed by atoms with Crippen LogP contribution >= 0.6 is 0 Å². The van der Waals surface area contributed by atoms with Crippen LogP contribution in [0.3, 0.4) is 0 Å². The summed E-state index contributed by atoms with van der Waals surface area (Å²) in [5, 5.41) is 5.94. The van der Waals surface area contributed by atoms with Gasteiger partial charge in [0.1, 0.15) is 0 Å². The number of nitrogens with one attached hydrogen (secondary N) is 2. The number of carbonyl (C=O) groups is 2. The molecule has 5 heteroatoms. The van der Waals surface area contributed by atoms with E-state index in [-0.39, 0.29) is 11.9 Å². The molecule has 1 heterocycles. The summed E-state index contributed by atoms with van der Waals surface area (Å²) >= 11 is 0. The van der Waals surface area contributed by atoms with Gasteiger partial charge in [0.25, 0.3) is 0 Å². The molecular weight excluding hydrogens is 350 g/mol. The van der Waals surface area contributed by atoms with Gasteiger partial charge >= 0.3 is 6.03 Å². The minimum Gasteiger partial charge on any atom is -0.352 e. The lowest BCUT2D eigenvalue weighted by Crippen LogP contribution is -2.41. The Bertz CT molecular complexity index is 766. The number of para-hydroxylation sites is 1. The first kappa shape index (κ1) is 19.9. The second kappa shape index (κ2) is 9.93. The fraction of sp³-hybridized carbons (Fsp3) is 0.391. The Kier molecular flexibility index (Phi) is 7.06. The van der Waals surface area contributed by atoms with E-state index in [1.54, 1.807) is 0 Å². The molecule has 0 aromatic heterocycles. The molecule has 0 unspecified atom stereocenters. The zero-order chi connectivity index (χ0) is 19.8. The van der Waals surface area contributed by atoms with Crippen LogP contribution in [-0.4, -0.2) is 29.9 Å². The van der Waals surface area contributed by atoms with Crippen LogP contribution in [0.4, 0.5) is 10.5 Å². The zero-order valence-corrected chi connectivity index (χ0v) is 16.5. The SMILES string of the molecule is CCc1ccc(CNC(=O)CC2CCN(C(=O)Nc3ccccc3)CC2)cc1. The summed E-state index contributed by atoms with van der Waals surface area (Å²) in [6.45, 7) is 4.08. The Balaban J connectivity index is 1.37. The van der Waals surface area contributed by atoms with Crippen molar-refractivity contribution in [3.05, 3.63) is 65.7 Å². The molecule has 1 aliphatic heterocycles. The Morgan fingerprint density at radius 3 is 2.25 bits per heavy atom. The van der Waals surface area contributed by atoms with Crippen LogP contribution in [0.15, 0.2) is 54.6 Å². The lowest BCUT2D eigenvalue weighted by atomic mass is 9.93. The average molecular weight is 380 g/mol. The van der Waals surface area contributed by atoms with E-state index in [1.807, 2.05) is 35.2 Å². The summed E-state index contributed by atoms with van der Waals surface area (Å²) in [5.74, 6) is 0.426. The van der Waals surface area contributed by atoms with E-state index in [2.05, 4.69) is 41.8 Å². The third-order valence-electron chi connectivity index (χ3n) is 5.32. The molecule has 3 amide bonds. The predicted octanol–water partition coefficient (Wildman–Crippen LogP) is 4.20. The Morgan fingerprint density at radius 2 is 1.61 bits per heavy atom. The van der Waals surface area contributed by atoms with Gasteiger partial charge in [0.05, 0.1) is 0 Å². The molecule has 3 rings (SSSR count). The van der Waals surface area contributed by atoms with Crippen molar-refractivity contribution < 1.29 is 9.59 Å². The molecule has 2 aromatic rings. The van der Waals surface area contributed by atoms with Crippen molar-refractivity contribution in [3.63, 3.8) is 0 Å². The zero-order valence-electron chi connectivity index (χ0n) is 16.5. The number of amides is 3. The van der Waals surface area contributed by atoms with Crippen LogP contribution in [-0.2, 0) is 17.8 Å². The van der Waals surface area contributed by atoms with Gasteiger partial charge in [0, 0.05) is 31.7 Å². The highest BCUT2D eigenvalue weighted by Crippen LogP contribution is 2.21. The molecule has 0 radical (unpaired) electrons. The summed E-state index contributed by atoms with van der Waals surface area (Å²) in [5.41, 5.74) is 3.23. The van der Waals surface area contributed by atoms with Gasteiger partial charge in [-0.05, 0) is 48.4 Å². The molecule has 2 N–H and O–H groups in total. The van der Waals surface area contributed by atoms with Gasteiger partial charge < -0.3 is 15.5 Å². The fourth-order valence-electron chi connectivity index (χ4n) is 3.49. The van der Waals surface area contributed by atoms with E-state index in [0.717, 1.165) is 30.5 Å². The number of hydrogen-bond donors (Lipinski definition) is 2. The number of carbonyl (C=O) groups excluding carboxylic acids is 2. The van der Waals surface area contributed by atoms with Crippen molar-refractivity contribution in [2.45, 2.75) is 39.2 Å². The summed E-state index contributed by atoms with van der Waals surface area (Å²) in [7, 11) is 0. The molecule has 0 aliphatic carbocycles. The number of nitrogens with zero attached hydrogens (tertiary/aromatic N) is 1. The van der Waals surface area contributed by atoms with E-state index in [4.69, 9.17) is 0 Å². The highest BCUT2D eigenvalue weighted by molar-refractivity contribution is 5.89. The number of anilines is 1. The van der Waals surface area contributed by atoms with E-state index >= 15 is 0 Å². The van der Waals surface area contributed by atoms with Crippen LogP contribution in [0.25, 0.3) is 0 Å². The Morgan fingerprint density at radius 1 is 0.964 bits per heavy atom. The summed E-state index contributed by atoms with van der Waals surface area (Å²) < 4.78 is 0. The van der Waals surface area contributed by atoms with Crippen molar-refractivity contribution in [1.82, 2.24) is 10.2 Å². The predicted molar refractivity (Wildman–Crippen MR) is 112 cm³/mol. The van der Waals surface area contributed by atoms with Crippen molar-refractivity contribution in [2.24, 2.45) is 5.92 Å². The van der Waals surface area contributed by atoms with Crippen molar-refractivity contribution in [3.8, 4) is 0 Å². The Labute approximate surface area is 167 Å². The van der Waals surface area contributed by atoms with Gasteiger partial charge in [-0.25, -0.2) is 4.79 Å². The topological polar surface area (TPSA) is 61.4 Å². The van der Waals surface area contributed by atoms with Crippen molar-refractivity contribution in [1.29, 1.82) is 0 Å². The first-order valence-electron chi connectivity index (χ1n) is 10.1. The maximum absolute atomic E-state index is 12.3. The van der Waals surface area contributed by atoms with E-state index < -0.39 is 0 Å². The lowest BCUT2D eigenvalue weighted by molar-refractivity contribution is -0.122. The number of urea groups is 1. The lowest BCUT2D eigenvalue weighted by Gasteiger charge is -2.31. The maximum Gasteiger partial charge on any atom is 0.321 e. The van der Waals surface area contributed by atoms with Crippen LogP contribution in [0, 0.1) is 5.92 Å². The number of piperidine rings is 1.